The number of amides is 1. The molecular weight excluding hydrogens is 308 g/mol. The summed E-state index contributed by atoms with van der Waals surface area (Å²) in [6.45, 7) is 4.28. The third-order valence-corrected chi connectivity index (χ3v) is 5.66. The minimum absolute atomic E-state index is 0.146. The molecule has 0 saturated carbocycles. The van der Waals surface area contributed by atoms with Crippen LogP contribution < -0.4 is 0 Å². The van der Waals surface area contributed by atoms with Crippen molar-refractivity contribution in [3.05, 3.63) is 54.1 Å². The molecule has 0 spiro atoms. The molecule has 1 amide bonds. The highest BCUT2D eigenvalue weighted by atomic mass is 16.2. The molecule has 0 radical (unpaired) electrons. The quantitative estimate of drug-likeness (QED) is 0.794. The maximum absolute atomic E-state index is 12.6. The SMILES string of the molecule is O=C(/C=C/c1cccc2ccccc12)N1CCC(N2CCCC2)CC1. The van der Waals surface area contributed by atoms with Gasteiger partial charge in [-0.1, -0.05) is 42.5 Å². The molecule has 0 bridgehead atoms. The van der Waals surface area contributed by atoms with Crippen molar-refractivity contribution in [3.63, 3.8) is 0 Å². The predicted octanol–water partition coefficient (Wildman–Crippen LogP) is 3.94. The lowest BCUT2D eigenvalue weighted by Crippen LogP contribution is -2.45. The minimum atomic E-state index is 0.146. The fraction of sp³-hybridized carbons (Fsp3) is 0.409. The topological polar surface area (TPSA) is 23.6 Å². The molecule has 0 N–H and O–H groups in total. The van der Waals surface area contributed by atoms with Crippen LogP contribution in [-0.4, -0.2) is 47.9 Å². The van der Waals surface area contributed by atoms with Crippen molar-refractivity contribution in [2.24, 2.45) is 0 Å². The number of hydrogen-bond donors (Lipinski definition) is 0. The number of benzene rings is 2. The van der Waals surface area contributed by atoms with E-state index < -0.39 is 0 Å². The molecule has 2 aromatic rings. The summed E-state index contributed by atoms with van der Waals surface area (Å²) in [5.74, 6) is 0.146. The Balaban J connectivity index is 1.39. The van der Waals surface area contributed by atoms with Gasteiger partial charge in [0.25, 0.3) is 0 Å². The molecule has 0 unspecified atom stereocenters. The van der Waals surface area contributed by atoms with Crippen LogP contribution in [0.3, 0.4) is 0 Å². The summed E-state index contributed by atoms with van der Waals surface area (Å²) in [5.41, 5.74) is 1.11. The van der Waals surface area contributed by atoms with Crippen LogP contribution in [0.2, 0.25) is 0 Å². The molecule has 2 heterocycles. The standard InChI is InChI=1S/C22H26N2O/c25-22(24-16-12-20(13-17-24)23-14-3-4-15-23)11-10-19-8-5-7-18-6-1-2-9-21(18)19/h1-2,5-11,20H,3-4,12-17H2/b11-10+. The lowest BCUT2D eigenvalue weighted by atomic mass is 10.0. The Hall–Kier alpha value is -2.13. The van der Waals surface area contributed by atoms with Crippen molar-refractivity contribution < 1.29 is 4.79 Å². The molecule has 2 saturated heterocycles. The number of hydrogen-bond acceptors (Lipinski definition) is 2. The zero-order valence-electron chi connectivity index (χ0n) is 14.7. The van der Waals surface area contributed by atoms with Gasteiger partial charge in [0.15, 0.2) is 0 Å². The Bertz CT molecular complexity index is 763. The first-order valence-electron chi connectivity index (χ1n) is 9.50. The average Bonchev–Trinajstić information content (AvgIpc) is 3.21. The first-order valence-corrected chi connectivity index (χ1v) is 9.50. The van der Waals surface area contributed by atoms with Gasteiger partial charge in [-0.05, 0) is 61.2 Å². The van der Waals surface area contributed by atoms with Gasteiger partial charge >= 0.3 is 0 Å². The molecule has 2 aliphatic heterocycles. The Labute approximate surface area is 149 Å². The van der Waals surface area contributed by atoms with Crippen molar-refractivity contribution in [3.8, 4) is 0 Å². The normalized spacial score (nSPS) is 19.9. The number of carbonyl (C=O) groups is 1. The van der Waals surface area contributed by atoms with Crippen molar-refractivity contribution in [2.45, 2.75) is 31.7 Å². The van der Waals surface area contributed by atoms with Gasteiger partial charge in [0.2, 0.25) is 5.91 Å². The highest BCUT2D eigenvalue weighted by molar-refractivity contribution is 5.96. The Kier molecular flexibility index (Phi) is 4.84. The van der Waals surface area contributed by atoms with Crippen LogP contribution in [0.15, 0.2) is 48.5 Å². The van der Waals surface area contributed by atoms with E-state index >= 15 is 0 Å². The van der Waals surface area contributed by atoms with Crippen molar-refractivity contribution in [2.75, 3.05) is 26.2 Å². The van der Waals surface area contributed by atoms with Gasteiger partial charge in [-0.15, -0.1) is 0 Å². The fourth-order valence-corrected chi connectivity index (χ4v) is 4.22. The molecule has 3 nitrogen and oxygen atoms in total. The van der Waals surface area contributed by atoms with E-state index in [1.165, 1.54) is 36.7 Å². The minimum Gasteiger partial charge on any atom is -0.339 e. The summed E-state index contributed by atoms with van der Waals surface area (Å²) >= 11 is 0. The maximum Gasteiger partial charge on any atom is 0.246 e. The van der Waals surface area contributed by atoms with Gasteiger partial charge in [-0.25, -0.2) is 0 Å². The van der Waals surface area contributed by atoms with E-state index in [4.69, 9.17) is 0 Å². The van der Waals surface area contributed by atoms with Crippen molar-refractivity contribution >= 4 is 22.8 Å². The summed E-state index contributed by atoms with van der Waals surface area (Å²) in [7, 11) is 0. The summed E-state index contributed by atoms with van der Waals surface area (Å²) in [6.07, 6.45) is 8.64. The van der Waals surface area contributed by atoms with E-state index in [0.717, 1.165) is 31.5 Å². The van der Waals surface area contributed by atoms with Gasteiger partial charge in [-0.2, -0.15) is 0 Å². The number of carbonyl (C=O) groups excluding carboxylic acids is 1. The van der Waals surface area contributed by atoms with Crippen molar-refractivity contribution in [1.82, 2.24) is 9.80 Å². The number of rotatable bonds is 3. The molecule has 2 fully saturated rings. The van der Waals surface area contributed by atoms with Gasteiger partial charge in [0.05, 0.1) is 0 Å². The molecule has 0 atom stereocenters. The van der Waals surface area contributed by atoms with Crippen LogP contribution in [0.1, 0.15) is 31.2 Å². The molecular formula is C22H26N2O. The van der Waals surface area contributed by atoms with Crippen LogP contribution in [0.25, 0.3) is 16.8 Å². The molecule has 25 heavy (non-hydrogen) atoms. The summed E-state index contributed by atoms with van der Waals surface area (Å²) in [6, 6.07) is 15.2. The second kappa shape index (κ2) is 7.40. The summed E-state index contributed by atoms with van der Waals surface area (Å²) < 4.78 is 0. The highest BCUT2D eigenvalue weighted by Gasteiger charge is 2.27. The van der Waals surface area contributed by atoms with Crippen molar-refractivity contribution in [1.29, 1.82) is 0 Å². The van der Waals surface area contributed by atoms with Crippen LogP contribution >= 0.6 is 0 Å². The second-order valence-corrected chi connectivity index (χ2v) is 7.20. The van der Waals surface area contributed by atoms with E-state index in [-0.39, 0.29) is 5.91 Å². The first kappa shape index (κ1) is 16.3. The molecule has 2 aliphatic rings. The molecule has 4 rings (SSSR count). The first-order chi connectivity index (χ1) is 12.3. The Morgan fingerprint density at radius 1 is 0.920 bits per heavy atom. The summed E-state index contributed by atoms with van der Waals surface area (Å²) in [5, 5.41) is 2.41. The van der Waals surface area contributed by atoms with Gasteiger partial charge in [-0.3, -0.25) is 4.79 Å². The zero-order chi connectivity index (χ0) is 17.1. The monoisotopic (exact) mass is 334 g/mol. The summed E-state index contributed by atoms with van der Waals surface area (Å²) in [4.78, 5) is 17.2. The van der Waals surface area contributed by atoms with E-state index in [2.05, 4.69) is 29.2 Å². The van der Waals surface area contributed by atoms with Crippen LogP contribution in [0.4, 0.5) is 0 Å². The van der Waals surface area contributed by atoms with Crippen LogP contribution in [0.5, 0.6) is 0 Å². The lowest BCUT2D eigenvalue weighted by Gasteiger charge is -2.36. The van der Waals surface area contributed by atoms with E-state index in [9.17, 15) is 4.79 Å². The average molecular weight is 334 g/mol. The van der Waals surface area contributed by atoms with Crippen LogP contribution in [-0.2, 0) is 4.79 Å². The maximum atomic E-state index is 12.6. The fourth-order valence-electron chi connectivity index (χ4n) is 4.22. The third kappa shape index (κ3) is 3.62. The van der Waals surface area contributed by atoms with E-state index in [0.29, 0.717) is 6.04 Å². The molecule has 2 aromatic carbocycles. The van der Waals surface area contributed by atoms with Gasteiger partial charge in [0.1, 0.15) is 0 Å². The zero-order valence-corrected chi connectivity index (χ0v) is 14.7. The number of likely N-dealkylation sites (tertiary alicyclic amines) is 2. The smallest absolute Gasteiger partial charge is 0.246 e. The van der Waals surface area contributed by atoms with Crippen LogP contribution in [0, 0.1) is 0 Å². The number of fused-ring (bicyclic) bond motifs is 1. The number of nitrogens with zero attached hydrogens (tertiary/aromatic N) is 2. The molecule has 0 aromatic heterocycles. The van der Waals surface area contributed by atoms with E-state index in [1.807, 2.05) is 29.2 Å². The largest absolute Gasteiger partial charge is 0.339 e. The van der Waals surface area contributed by atoms with Gasteiger partial charge in [0, 0.05) is 25.2 Å². The molecule has 3 heteroatoms. The highest BCUT2D eigenvalue weighted by Crippen LogP contribution is 2.22. The molecule has 0 aliphatic carbocycles. The predicted molar refractivity (Wildman–Crippen MR) is 103 cm³/mol. The van der Waals surface area contributed by atoms with E-state index in [1.54, 1.807) is 6.08 Å². The Morgan fingerprint density at radius 2 is 1.64 bits per heavy atom. The second-order valence-electron chi connectivity index (χ2n) is 7.20. The number of piperidine rings is 1. The third-order valence-electron chi connectivity index (χ3n) is 5.66. The Morgan fingerprint density at radius 3 is 2.44 bits per heavy atom. The van der Waals surface area contributed by atoms with Gasteiger partial charge < -0.3 is 9.80 Å². The molecule has 130 valence electrons. The lowest BCUT2D eigenvalue weighted by molar-refractivity contribution is -0.127.